The van der Waals surface area contributed by atoms with Crippen molar-refractivity contribution in [1.29, 1.82) is 0 Å². The number of nitrogens with two attached hydrogens (primary N) is 1. The van der Waals surface area contributed by atoms with E-state index in [4.69, 9.17) is 10.5 Å². The van der Waals surface area contributed by atoms with E-state index in [9.17, 15) is 5.11 Å². The van der Waals surface area contributed by atoms with Crippen molar-refractivity contribution in [3.8, 4) is 0 Å². The Kier molecular flexibility index (Phi) is 5.04. The average molecular weight is 207 g/mol. The second-order valence-electron chi connectivity index (χ2n) is 3.38. The third-order valence-electron chi connectivity index (χ3n) is 2.12. The zero-order chi connectivity index (χ0) is 11.1. The van der Waals surface area contributed by atoms with Crippen molar-refractivity contribution in [2.45, 2.75) is 18.8 Å². The lowest BCUT2D eigenvalue weighted by molar-refractivity contribution is 0.0229. The fraction of sp³-hybridized carbons (Fsp3) is 0.333. The topological polar surface area (TPSA) is 55.5 Å². The van der Waals surface area contributed by atoms with Crippen LogP contribution in [-0.2, 0) is 11.3 Å². The lowest BCUT2D eigenvalue weighted by atomic mass is 10.2. The molecular formula is C12H17NO2. The van der Waals surface area contributed by atoms with E-state index in [0.717, 1.165) is 5.56 Å². The van der Waals surface area contributed by atoms with Gasteiger partial charge in [-0.15, -0.1) is 6.58 Å². The third kappa shape index (κ3) is 4.25. The Morgan fingerprint density at radius 2 is 2.07 bits per heavy atom. The molecule has 3 N–H and O–H groups in total. The highest BCUT2D eigenvalue weighted by Crippen LogP contribution is 2.01. The van der Waals surface area contributed by atoms with Crippen LogP contribution in [-0.4, -0.2) is 23.9 Å². The Balaban J connectivity index is 2.25. The maximum atomic E-state index is 9.47. The Labute approximate surface area is 90.2 Å². The summed E-state index contributed by atoms with van der Waals surface area (Å²) in [7, 11) is 0. The van der Waals surface area contributed by atoms with Crippen LogP contribution in [0.3, 0.4) is 0 Å². The van der Waals surface area contributed by atoms with Crippen LogP contribution in [0.2, 0.25) is 0 Å². The molecule has 0 heterocycles. The molecule has 15 heavy (non-hydrogen) atoms. The second kappa shape index (κ2) is 6.35. The molecule has 1 aromatic carbocycles. The van der Waals surface area contributed by atoms with Crippen molar-refractivity contribution in [2.75, 3.05) is 6.61 Å². The quantitative estimate of drug-likeness (QED) is 0.686. The fourth-order valence-electron chi connectivity index (χ4n) is 1.14. The van der Waals surface area contributed by atoms with Crippen molar-refractivity contribution in [3.63, 3.8) is 0 Å². The molecule has 0 aliphatic carbocycles. The van der Waals surface area contributed by atoms with Crippen LogP contribution in [0, 0.1) is 0 Å². The van der Waals surface area contributed by atoms with E-state index in [2.05, 4.69) is 6.58 Å². The molecule has 0 spiro atoms. The average Bonchev–Trinajstić information content (AvgIpc) is 2.29. The van der Waals surface area contributed by atoms with Gasteiger partial charge in [0.15, 0.2) is 0 Å². The van der Waals surface area contributed by atoms with Gasteiger partial charge in [0.1, 0.15) is 0 Å². The minimum atomic E-state index is -0.689. The Hall–Kier alpha value is -1.16. The Morgan fingerprint density at radius 3 is 2.67 bits per heavy atom. The summed E-state index contributed by atoms with van der Waals surface area (Å²) in [4.78, 5) is 0. The highest BCUT2D eigenvalue weighted by Gasteiger charge is 2.10. The predicted molar refractivity (Wildman–Crippen MR) is 60.3 cm³/mol. The summed E-state index contributed by atoms with van der Waals surface area (Å²) in [6.45, 7) is 4.22. The molecule has 0 fully saturated rings. The van der Waals surface area contributed by atoms with Crippen LogP contribution in [0.5, 0.6) is 0 Å². The molecular weight excluding hydrogens is 190 g/mol. The van der Waals surface area contributed by atoms with Crippen LogP contribution in [0.15, 0.2) is 43.0 Å². The van der Waals surface area contributed by atoms with E-state index in [1.807, 2.05) is 30.3 Å². The molecule has 1 rings (SSSR count). The highest BCUT2D eigenvalue weighted by molar-refractivity contribution is 5.13. The molecule has 0 aliphatic rings. The summed E-state index contributed by atoms with van der Waals surface area (Å²) in [5.74, 6) is 0. The minimum Gasteiger partial charge on any atom is -0.389 e. The highest BCUT2D eigenvalue weighted by atomic mass is 16.5. The number of rotatable bonds is 6. The number of hydrogen-bond donors (Lipinski definition) is 2. The summed E-state index contributed by atoms with van der Waals surface area (Å²) < 4.78 is 5.33. The number of benzene rings is 1. The summed E-state index contributed by atoms with van der Waals surface area (Å²) in [5.41, 5.74) is 6.63. The zero-order valence-corrected chi connectivity index (χ0v) is 8.67. The number of hydrogen-bond acceptors (Lipinski definition) is 3. The Bertz CT molecular complexity index is 287. The lowest BCUT2D eigenvalue weighted by Crippen LogP contribution is -2.35. The fourth-order valence-corrected chi connectivity index (χ4v) is 1.14. The molecule has 3 nitrogen and oxygen atoms in total. The molecule has 0 aromatic heterocycles. The van der Waals surface area contributed by atoms with E-state index in [1.54, 1.807) is 0 Å². The van der Waals surface area contributed by atoms with Gasteiger partial charge >= 0.3 is 0 Å². The van der Waals surface area contributed by atoms with Crippen LogP contribution < -0.4 is 5.73 Å². The first-order valence-electron chi connectivity index (χ1n) is 4.92. The summed E-state index contributed by atoms with van der Waals surface area (Å²) in [6.07, 6.45) is 0.822. The van der Waals surface area contributed by atoms with Gasteiger partial charge in [-0.1, -0.05) is 36.4 Å². The summed E-state index contributed by atoms with van der Waals surface area (Å²) in [5, 5.41) is 9.47. The molecule has 3 heteroatoms. The molecule has 1 aromatic rings. The van der Waals surface area contributed by atoms with E-state index in [1.165, 1.54) is 6.08 Å². The number of aliphatic hydroxyl groups is 1. The van der Waals surface area contributed by atoms with Gasteiger partial charge in [-0.2, -0.15) is 0 Å². The normalized spacial score (nSPS) is 14.5. The van der Waals surface area contributed by atoms with Crippen LogP contribution in [0.25, 0.3) is 0 Å². The standard InChI is InChI=1S/C12H17NO2/c1-2-11(13)12(14)9-15-8-10-6-4-3-5-7-10/h2-7,11-12,14H,1,8-9,13H2/t11-,12-/m0/s1. The van der Waals surface area contributed by atoms with E-state index < -0.39 is 12.1 Å². The molecule has 0 saturated heterocycles. The minimum absolute atomic E-state index is 0.224. The van der Waals surface area contributed by atoms with Gasteiger partial charge in [0.05, 0.1) is 25.4 Å². The smallest absolute Gasteiger partial charge is 0.0959 e. The molecule has 0 bridgehead atoms. The predicted octanol–water partition coefficient (Wildman–Crippen LogP) is 1.08. The van der Waals surface area contributed by atoms with Crippen molar-refractivity contribution in [2.24, 2.45) is 5.73 Å². The van der Waals surface area contributed by atoms with E-state index >= 15 is 0 Å². The maximum Gasteiger partial charge on any atom is 0.0959 e. The van der Waals surface area contributed by atoms with Crippen molar-refractivity contribution in [1.82, 2.24) is 0 Å². The molecule has 2 atom stereocenters. The van der Waals surface area contributed by atoms with Gasteiger partial charge in [0.2, 0.25) is 0 Å². The second-order valence-corrected chi connectivity index (χ2v) is 3.38. The van der Waals surface area contributed by atoms with Crippen molar-refractivity contribution >= 4 is 0 Å². The largest absolute Gasteiger partial charge is 0.389 e. The Morgan fingerprint density at radius 1 is 1.40 bits per heavy atom. The first-order chi connectivity index (χ1) is 7.24. The molecule has 0 radical (unpaired) electrons. The van der Waals surface area contributed by atoms with Gasteiger partial charge in [0, 0.05) is 0 Å². The maximum absolute atomic E-state index is 9.47. The lowest BCUT2D eigenvalue weighted by Gasteiger charge is -2.15. The molecule has 0 unspecified atom stereocenters. The molecule has 82 valence electrons. The van der Waals surface area contributed by atoms with Crippen molar-refractivity contribution < 1.29 is 9.84 Å². The van der Waals surface area contributed by atoms with Gasteiger partial charge in [-0.05, 0) is 5.56 Å². The first-order valence-corrected chi connectivity index (χ1v) is 4.92. The monoisotopic (exact) mass is 207 g/mol. The van der Waals surface area contributed by atoms with Crippen LogP contribution in [0.1, 0.15) is 5.56 Å². The van der Waals surface area contributed by atoms with Gasteiger partial charge < -0.3 is 15.6 Å². The zero-order valence-electron chi connectivity index (χ0n) is 8.67. The van der Waals surface area contributed by atoms with Gasteiger partial charge in [0.25, 0.3) is 0 Å². The molecule has 0 saturated carbocycles. The molecule has 0 amide bonds. The van der Waals surface area contributed by atoms with Gasteiger partial charge in [-0.25, -0.2) is 0 Å². The SMILES string of the molecule is C=C[C@H](N)[C@@H](O)COCc1ccccc1. The van der Waals surface area contributed by atoms with Crippen LogP contribution >= 0.6 is 0 Å². The van der Waals surface area contributed by atoms with E-state index in [0.29, 0.717) is 6.61 Å². The number of aliphatic hydroxyl groups excluding tert-OH is 1. The van der Waals surface area contributed by atoms with Crippen molar-refractivity contribution in [3.05, 3.63) is 48.6 Å². The molecule has 0 aliphatic heterocycles. The summed E-state index contributed by atoms with van der Waals surface area (Å²) >= 11 is 0. The van der Waals surface area contributed by atoms with Gasteiger partial charge in [-0.3, -0.25) is 0 Å². The van der Waals surface area contributed by atoms with E-state index in [-0.39, 0.29) is 6.61 Å². The van der Waals surface area contributed by atoms with Crippen LogP contribution in [0.4, 0.5) is 0 Å². The number of ether oxygens (including phenoxy) is 1. The third-order valence-corrected chi connectivity index (χ3v) is 2.12. The summed E-state index contributed by atoms with van der Waals surface area (Å²) in [6, 6.07) is 9.36. The first kappa shape index (κ1) is 11.9.